The van der Waals surface area contributed by atoms with Crippen LogP contribution in [0, 0.1) is 0 Å². The first-order valence-corrected chi connectivity index (χ1v) is 15.0. The average Bonchev–Trinajstić information content (AvgIpc) is 3.63. The van der Waals surface area contributed by atoms with Crippen molar-refractivity contribution in [3.05, 3.63) is 156 Å². The van der Waals surface area contributed by atoms with Crippen LogP contribution >= 0.6 is 0 Å². The predicted molar refractivity (Wildman–Crippen MR) is 166 cm³/mol. The Morgan fingerprint density at radius 2 is 1.29 bits per heavy atom. The van der Waals surface area contributed by atoms with Gasteiger partial charge in [0.25, 0.3) is 5.82 Å². The molecule has 4 heterocycles. The summed E-state index contributed by atoms with van der Waals surface area (Å²) in [4.78, 5) is 0. The van der Waals surface area contributed by atoms with Crippen LogP contribution in [0.4, 0.5) is 13.2 Å². The van der Waals surface area contributed by atoms with E-state index in [1.807, 2.05) is 30.3 Å². The zero-order valence-corrected chi connectivity index (χ0v) is 25.6. The number of benzene rings is 5. The Kier molecular flexibility index (Phi) is 6.33. The van der Waals surface area contributed by atoms with Gasteiger partial charge < -0.3 is 21.5 Å². The minimum absolute atomic E-state index is 0. The first kappa shape index (κ1) is 27.9. The number of hydrogen-bond acceptors (Lipinski definition) is 0. The third kappa shape index (κ3) is 4.06. The monoisotopic (exact) mass is 661 g/mol. The van der Waals surface area contributed by atoms with Gasteiger partial charge in [0.1, 0.15) is 23.8 Å². The fourth-order valence-electron chi connectivity index (χ4n) is 7.88. The van der Waals surface area contributed by atoms with Gasteiger partial charge in [-0.25, -0.2) is 4.57 Å². The minimum atomic E-state index is -4.44. The van der Waals surface area contributed by atoms with Crippen molar-refractivity contribution in [1.82, 2.24) is 9.13 Å². The van der Waals surface area contributed by atoms with Gasteiger partial charge in [0.05, 0.1) is 11.6 Å². The Morgan fingerprint density at radius 1 is 0.667 bits per heavy atom. The number of para-hydroxylation sites is 2. The van der Waals surface area contributed by atoms with Crippen LogP contribution < -0.4 is 21.5 Å². The summed E-state index contributed by atoms with van der Waals surface area (Å²) in [5.74, 6) is 0.910. The Balaban J connectivity index is 0.00000300. The van der Waals surface area contributed by atoms with Gasteiger partial charge in [0, 0.05) is 39.4 Å². The van der Waals surface area contributed by atoms with Crippen LogP contribution in [0.3, 0.4) is 0 Å². The van der Waals surface area contributed by atoms with E-state index in [9.17, 15) is 13.2 Å². The molecule has 5 aromatic carbocycles. The molecule has 3 unspecified atom stereocenters. The summed E-state index contributed by atoms with van der Waals surface area (Å²) < 4.78 is 49.0. The summed E-state index contributed by atoms with van der Waals surface area (Å²) >= 11 is 0. The first-order chi connectivity index (χ1) is 21.5. The van der Waals surface area contributed by atoms with Gasteiger partial charge in [0.2, 0.25) is 0 Å². The molecule has 0 fully saturated rings. The average molecular weight is 663 g/mol. The molecule has 222 valence electrons. The number of aromatic nitrogens is 3. The smallest absolute Gasteiger partial charge is 0.416 e. The van der Waals surface area contributed by atoms with E-state index in [1.54, 1.807) is 6.07 Å². The molecule has 7 heteroatoms. The maximum Gasteiger partial charge on any atom is 0.416 e. The molecule has 3 nitrogen and oxygen atoms in total. The molecule has 2 aromatic heterocycles. The number of nitrogens with zero attached hydrogens (tertiary/aromatic N) is 3. The number of rotatable bonds is 3. The largest absolute Gasteiger partial charge is 1.00 e. The molecule has 0 amide bonds. The van der Waals surface area contributed by atoms with E-state index in [0.717, 1.165) is 29.6 Å². The van der Waals surface area contributed by atoms with Gasteiger partial charge in [-0.1, -0.05) is 97.1 Å². The van der Waals surface area contributed by atoms with Crippen LogP contribution in [-0.4, -0.2) is 9.13 Å². The van der Waals surface area contributed by atoms with Gasteiger partial charge in [-0.2, -0.15) is 17.7 Å². The van der Waals surface area contributed by atoms with E-state index in [1.165, 1.54) is 45.1 Å². The fraction of sp³-hybridized carbons (Fsp3) is 0.132. The van der Waals surface area contributed by atoms with Crippen molar-refractivity contribution >= 4 is 21.8 Å². The third-order valence-electron chi connectivity index (χ3n) is 9.60. The van der Waals surface area contributed by atoms with Crippen LogP contribution in [-0.2, 0) is 6.18 Å². The van der Waals surface area contributed by atoms with E-state index in [0.29, 0.717) is 5.69 Å². The highest BCUT2D eigenvalue weighted by Crippen LogP contribution is 2.54. The molecular weight excluding hydrogens is 635 g/mol. The SMILES string of the molecule is FC(F)(F)c1cccc(-n2c(-c3ccccc3)c[n+]3c2C2c4ccccc4C3CC2n2c3ccccc3c3ccccc32)c1.[Br-]. The third-order valence-corrected chi connectivity index (χ3v) is 9.60. The second kappa shape index (κ2) is 10.2. The van der Waals surface area contributed by atoms with E-state index in [2.05, 4.69) is 92.7 Å². The van der Waals surface area contributed by atoms with Crippen LogP contribution in [0.2, 0.25) is 0 Å². The number of alkyl halides is 3. The minimum Gasteiger partial charge on any atom is -1.00 e. The van der Waals surface area contributed by atoms with Crippen LogP contribution in [0.25, 0.3) is 38.8 Å². The van der Waals surface area contributed by atoms with Crippen molar-refractivity contribution in [3.8, 4) is 16.9 Å². The maximum absolute atomic E-state index is 14.0. The normalized spacial score (nSPS) is 18.5. The lowest BCUT2D eigenvalue weighted by Crippen LogP contribution is -3.00. The number of imidazole rings is 1. The highest BCUT2D eigenvalue weighted by molar-refractivity contribution is 6.08. The summed E-state index contributed by atoms with van der Waals surface area (Å²) in [6.45, 7) is 0. The highest BCUT2D eigenvalue weighted by Gasteiger charge is 2.53. The van der Waals surface area contributed by atoms with Gasteiger partial charge in [-0.3, -0.25) is 0 Å². The summed E-state index contributed by atoms with van der Waals surface area (Å²) in [5, 5.41) is 2.42. The van der Waals surface area contributed by atoms with Crippen LogP contribution in [0.15, 0.2) is 134 Å². The molecular formula is C38H27BrF3N3. The Bertz CT molecular complexity index is 2180. The molecule has 0 N–H and O–H groups in total. The van der Waals surface area contributed by atoms with E-state index in [-0.39, 0.29) is 35.0 Å². The van der Waals surface area contributed by atoms with Gasteiger partial charge >= 0.3 is 6.18 Å². The second-order valence-corrected chi connectivity index (χ2v) is 11.9. The van der Waals surface area contributed by atoms with Gasteiger partial charge in [-0.05, 0) is 35.9 Å². The molecule has 2 aliphatic heterocycles. The van der Waals surface area contributed by atoms with Crippen molar-refractivity contribution in [2.75, 3.05) is 0 Å². The molecule has 3 aliphatic rings. The number of halogens is 4. The summed E-state index contributed by atoms with van der Waals surface area (Å²) in [6.07, 6.45) is -1.41. The Hall–Kier alpha value is -4.62. The number of hydrogen-bond donors (Lipinski definition) is 0. The Morgan fingerprint density at radius 3 is 1.98 bits per heavy atom. The molecule has 7 aromatic rings. The van der Waals surface area contributed by atoms with E-state index < -0.39 is 11.7 Å². The van der Waals surface area contributed by atoms with Crippen molar-refractivity contribution in [2.45, 2.75) is 30.6 Å². The van der Waals surface area contributed by atoms with Gasteiger partial charge in [0.15, 0.2) is 5.69 Å². The van der Waals surface area contributed by atoms with Crippen molar-refractivity contribution in [3.63, 3.8) is 0 Å². The molecule has 45 heavy (non-hydrogen) atoms. The molecule has 0 saturated carbocycles. The lowest BCUT2D eigenvalue weighted by atomic mass is 9.72. The quantitative estimate of drug-likeness (QED) is 0.199. The van der Waals surface area contributed by atoms with Crippen molar-refractivity contribution in [2.24, 2.45) is 0 Å². The van der Waals surface area contributed by atoms with Crippen molar-refractivity contribution in [1.29, 1.82) is 0 Å². The van der Waals surface area contributed by atoms with E-state index in [4.69, 9.17) is 0 Å². The standard InChI is InChI=1S/C38H27F3N3.BrH/c39-38(40,41)25-13-10-14-26(21-25)43-35(24-11-2-1-3-12-24)23-42-33-22-34(36(37(42)43)30-18-5-4-17-29(30)33)44-31-19-8-6-15-27(31)28-16-7-9-20-32(28)44;/h1-21,23,33-34,36H,22H2;1H/q+1;/p-1. The maximum atomic E-state index is 14.0. The molecule has 10 rings (SSSR count). The Labute approximate surface area is 268 Å². The summed E-state index contributed by atoms with van der Waals surface area (Å²) in [5.41, 5.74) is 6.58. The zero-order chi connectivity index (χ0) is 29.6. The molecule has 0 spiro atoms. The van der Waals surface area contributed by atoms with Crippen molar-refractivity contribution < 1.29 is 34.7 Å². The topological polar surface area (TPSA) is 13.7 Å². The first-order valence-electron chi connectivity index (χ1n) is 15.0. The molecule has 1 aliphatic carbocycles. The summed E-state index contributed by atoms with van der Waals surface area (Å²) in [6, 6.07) is 41.5. The fourth-order valence-corrected chi connectivity index (χ4v) is 7.88. The van der Waals surface area contributed by atoms with Gasteiger partial charge in [-0.15, -0.1) is 0 Å². The predicted octanol–water partition coefficient (Wildman–Crippen LogP) is 6.24. The lowest BCUT2D eigenvalue weighted by Gasteiger charge is -2.42. The van der Waals surface area contributed by atoms with Crippen LogP contribution in [0.1, 0.15) is 46.9 Å². The van der Waals surface area contributed by atoms with Crippen LogP contribution in [0.5, 0.6) is 0 Å². The highest BCUT2D eigenvalue weighted by atomic mass is 79.9. The molecule has 3 atom stereocenters. The zero-order valence-electron chi connectivity index (χ0n) is 24.0. The molecule has 2 bridgehead atoms. The molecule has 0 radical (unpaired) electrons. The summed E-state index contributed by atoms with van der Waals surface area (Å²) in [7, 11) is 0. The second-order valence-electron chi connectivity index (χ2n) is 11.9. The molecule has 0 saturated heterocycles. The number of fused-ring (bicyclic) bond motifs is 4. The van der Waals surface area contributed by atoms with E-state index >= 15 is 0 Å². The lowest BCUT2D eigenvalue weighted by molar-refractivity contribution is -0.731.